The second-order valence-electron chi connectivity index (χ2n) is 5.20. The van der Waals surface area contributed by atoms with Gasteiger partial charge in [0.15, 0.2) is 0 Å². The average Bonchev–Trinajstić information content (AvgIpc) is 2.46. The van der Waals surface area contributed by atoms with E-state index in [0.717, 1.165) is 5.56 Å². The minimum absolute atomic E-state index is 0. The molecule has 1 fully saturated rings. The maximum atomic E-state index is 12.2. The zero-order chi connectivity index (χ0) is 14.6. The number of nitrogens with zero attached hydrogens (tertiary/aromatic N) is 2. The first-order valence-electron chi connectivity index (χ1n) is 6.73. The molecular weight excluding hydrogens is 292 g/mol. The number of carbonyl (C=O) groups excluding carboxylic acids is 2. The maximum Gasteiger partial charge on any atom is 0.240 e. The Kier molecular flexibility index (Phi) is 6.11. The lowest BCUT2D eigenvalue weighted by Gasteiger charge is -2.37. The minimum atomic E-state index is -0.876. The van der Waals surface area contributed by atoms with E-state index in [4.69, 9.17) is 5.73 Å². The molecule has 116 valence electrons. The number of amides is 2. The monoisotopic (exact) mass is 312 g/mol. The summed E-state index contributed by atoms with van der Waals surface area (Å²) in [5.41, 5.74) is 6.28. The van der Waals surface area contributed by atoms with E-state index in [0.29, 0.717) is 32.5 Å². The van der Waals surface area contributed by atoms with Gasteiger partial charge in [0, 0.05) is 39.0 Å². The number of pyridine rings is 1. The Morgan fingerprint density at radius 3 is 2.43 bits per heavy atom. The summed E-state index contributed by atoms with van der Waals surface area (Å²) in [5.74, 6) is -0.123. The van der Waals surface area contributed by atoms with Gasteiger partial charge in [0.2, 0.25) is 11.8 Å². The highest BCUT2D eigenvalue weighted by Crippen LogP contribution is 2.20. The summed E-state index contributed by atoms with van der Waals surface area (Å²) in [5, 5.41) is 2.86. The standard InChI is InChI=1S/C14H20N4O2.ClH/c1-11(19)18-8-4-14(15,5-9-18)13(20)17-10-12-2-6-16-7-3-12;/h2-3,6-7H,4-5,8-10,15H2,1H3,(H,17,20);1H. The summed E-state index contributed by atoms with van der Waals surface area (Å²) >= 11 is 0. The highest BCUT2D eigenvalue weighted by molar-refractivity contribution is 5.86. The fourth-order valence-electron chi connectivity index (χ4n) is 2.31. The van der Waals surface area contributed by atoms with Crippen LogP contribution in [0, 0.1) is 0 Å². The minimum Gasteiger partial charge on any atom is -0.350 e. The zero-order valence-corrected chi connectivity index (χ0v) is 12.9. The topological polar surface area (TPSA) is 88.3 Å². The van der Waals surface area contributed by atoms with E-state index in [1.165, 1.54) is 6.92 Å². The molecule has 1 saturated heterocycles. The van der Waals surface area contributed by atoms with E-state index in [-0.39, 0.29) is 24.2 Å². The van der Waals surface area contributed by atoms with Crippen molar-refractivity contribution < 1.29 is 9.59 Å². The number of hydrogen-bond acceptors (Lipinski definition) is 4. The van der Waals surface area contributed by atoms with E-state index >= 15 is 0 Å². The van der Waals surface area contributed by atoms with Crippen LogP contribution in [-0.4, -0.2) is 40.3 Å². The predicted molar refractivity (Wildman–Crippen MR) is 81.7 cm³/mol. The van der Waals surface area contributed by atoms with Gasteiger partial charge in [-0.1, -0.05) is 0 Å². The molecule has 0 saturated carbocycles. The molecule has 2 amide bonds. The number of carbonyl (C=O) groups is 2. The van der Waals surface area contributed by atoms with Crippen LogP contribution in [0.15, 0.2) is 24.5 Å². The molecule has 0 aromatic carbocycles. The van der Waals surface area contributed by atoms with Crippen molar-refractivity contribution in [2.75, 3.05) is 13.1 Å². The number of nitrogens with two attached hydrogens (primary N) is 1. The van der Waals surface area contributed by atoms with Crippen molar-refractivity contribution in [2.24, 2.45) is 5.73 Å². The van der Waals surface area contributed by atoms with Gasteiger partial charge in [0.25, 0.3) is 0 Å². The number of rotatable bonds is 3. The highest BCUT2D eigenvalue weighted by atomic mass is 35.5. The molecule has 1 aliphatic heterocycles. The van der Waals surface area contributed by atoms with Crippen molar-refractivity contribution in [1.82, 2.24) is 15.2 Å². The van der Waals surface area contributed by atoms with Gasteiger partial charge in [-0.15, -0.1) is 12.4 Å². The predicted octanol–water partition coefficient (Wildman–Crippen LogP) is 0.459. The Balaban J connectivity index is 0.00000220. The van der Waals surface area contributed by atoms with Crippen LogP contribution in [0.1, 0.15) is 25.3 Å². The average molecular weight is 313 g/mol. The van der Waals surface area contributed by atoms with Gasteiger partial charge in [-0.25, -0.2) is 0 Å². The van der Waals surface area contributed by atoms with Gasteiger partial charge >= 0.3 is 0 Å². The lowest BCUT2D eigenvalue weighted by molar-refractivity contribution is -0.135. The van der Waals surface area contributed by atoms with Crippen molar-refractivity contribution in [3.05, 3.63) is 30.1 Å². The molecule has 0 atom stereocenters. The molecule has 7 heteroatoms. The van der Waals surface area contributed by atoms with Crippen LogP contribution in [-0.2, 0) is 16.1 Å². The van der Waals surface area contributed by atoms with Crippen molar-refractivity contribution in [1.29, 1.82) is 0 Å². The van der Waals surface area contributed by atoms with Gasteiger partial charge in [0.05, 0.1) is 5.54 Å². The lowest BCUT2D eigenvalue weighted by atomic mass is 9.87. The molecule has 0 bridgehead atoms. The van der Waals surface area contributed by atoms with Crippen LogP contribution in [0.4, 0.5) is 0 Å². The second kappa shape index (κ2) is 7.38. The number of likely N-dealkylation sites (tertiary alicyclic amines) is 1. The van der Waals surface area contributed by atoms with Gasteiger partial charge in [0.1, 0.15) is 0 Å². The Hall–Kier alpha value is -1.66. The van der Waals surface area contributed by atoms with Crippen LogP contribution < -0.4 is 11.1 Å². The maximum absolute atomic E-state index is 12.2. The van der Waals surface area contributed by atoms with E-state index in [9.17, 15) is 9.59 Å². The van der Waals surface area contributed by atoms with E-state index < -0.39 is 5.54 Å². The number of nitrogens with one attached hydrogen (secondary N) is 1. The van der Waals surface area contributed by atoms with Crippen LogP contribution in [0.25, 0.3) is 0 Å². The molecule has 0 radical (unpaired) electrons. The van der Waals surface area contributed by atoms with Crippen molar-refractivity contribution in [3.63, 3.8) is 0 Å². The van der Waals surface area contributed by atoms with Crippen LogP contribution in [0.5, 0.6) is 0 Å². The van der Waals surface area contributed by atoms with Crippen LogP contribution in [0.2, 0.25) is 0 Å². The largest absolute Gasteiger partial charge is 0.350 e. The second-order valence-corrected chi connectivity index (χ2v) is 5.20. The van der Waals surface area contributed by atoms with E-state index in [2.05, 4.69) is 10.3 Å². The zero-order valence-electron chi connectivity index (χ0n) is 12.0. The smallest absolute Gasteiger partial charge is 0.240 e. The molecule has 1 aliphatic rings. The molecule has 21 heavy (non-hydrogen) atoms. The molecule has 0 unspecified atom stereocenters. The number of hydrogen-bond donors (Lipinski definition) is 2. The molecule has 2 rings (SSSR count). The molecule has 3 N–H and O–H groups in total. The highest BCUT2D eigenvalue weighted by Gasteiger charge is 2.37. The molecular formula is C14H21ClN4O2. The van der Waals surface area contributed by atoms with Crippen molar-refractivity contribution >= 4 is 24.2 Å². The van der Waals surface area contributed by atoms with E-state index in [1.807, 2.05) is 12.1 Å². The van der Waals surface area contributed by atoms with Crippen LogP contribution >= 0.6 is 12.4 Å². The first-order valence-corrected chi connectivity index (χ1v) is 6.73. The fraction of sp³-hybridized carbons (Fsp3) is 0.500. The Labute approximate surface area is 130 Å². The molecule has 0 spiro atoms. The molecule has 0 aliphatic carbocycles. The molecule has 6 nitrogen and oxygen atoms in total. The summed E-state index contributed by atoms with van der Waals surface area (Å²) < 4.78 is 0. The SMILES string of the molecule is CC(=O)N1CCC(N)(C(=O)NCc2ccncc2)CC1.Cl. The number of halogens is 1. The quantitative estimate of drug-likeness (QED) is 0.848. The first kappa shape index (κ1) is 17.4. The summed E-state index contributed by atoms with van der Waals surface area (Å²) in [7, 11) is 0. The summed E-state index contributed by atoms with van der Waals surface area (Å²) in [6, 6.07) is 3.70. The van der Waals surface area contributed by atoms with E-state index in [1.54, 1.807) is 17.3 Å². The summed E-state index contributed by atoms with van der Waals surface area (Å²) in [4.78, 5) is 29.1. The normalized spacial score (nSPS) is 16.8. The Morgan fingerprint density at radius 2 is 1.90 bits per heavy atom. The van der Waals surface area contributed by atoms with Gasteiger partial charge in [-0.3, -0.25) is 14.6 Å². The Morgan fingerprint density at radius 1 is 1.33 bits per heavy atom. The van der Waals surface area contributed by atoms with Gasteiger partial charge in [-0.2, -0.15) is 0 Å². The van der Waals surface area contributed by atoms with Crippen molar-refractivity contribution in [3.8, 4) is 0 Å². The number of piperidine rings is 1. The number of aromatic nitrogens is 1. The Bertz CT molecular complexity index is 487. The van der Waals surface area contributed by atoms with Crippen molar-refractivity contribution in [2.45, 2.75) is 31.8 Å². The van der Waals surface area contributed by atoms with Gasteiger partial charge < -0.3 is 16.0 Å². The third kappa shape index (κ3) is 4.41. The third-order valence-electron chi connectivity index (χ3n) is 3.76. The van der Waals surface area contributed by atoms with Crippen LogP contribution in [0.3, 0.4) is 0 Å². The summed E-state index contributed by atoms with van der Waals surface area (Å²) in [6.45, 7) is 3.05. The summed E-state index contributed by atoms with van der Waals surface area (Å²) in [6.07, 6.45) is 4.36. The first-order chi connectivity index (χ1) is 9.51. The van der Waals surface area contributed by atoms with Gasteiger partial charge in [-0.05, 0) is 30.5 Å². The molecule has 1 aromatic heterocycles. The third-order valence-corrected chi connectivity index (χ3v) is 3.76. The fourth-order valence-corrected chi connectivity index (χ4v) is 2.31. The molecule has 2 heterocycles. The molecule has 1 aromatic rings. The lowest BCUT2D eigenvalue weighted by Crippen LogP contribution is -2.59.